The minimum atomic E-state index is 0. The van der Waals surface area contributed by atoms with Crippen LogP contribution in [0.15, 0.2) is 97.3 Å². The molecule has 2 radical (unpaired) electrons. The third-order valence-electron chi connectivity index (χ3n) is 7.91. The standard InChI is InChI=1S/2C15H9.C10H12N4.2Au/c2*1-2-11-7-8-13-10-12-5-3-4-6-14(12)15(13)9-11;1-13-5-9(11-7-13)3-4-10-6-14(2)8-12-10;;/h2*3-9H,10H2;5-6H,3-4H2,1-2H3;;/q2*-1;-2;;. The monoisotopic (exact) mass is 960 g/mol. The molecular weight excluding hydrogens is 930 g/mol. The summed E-state index contributed by atoms with van der Waals surface area (Å²) in [6.07, 6.45) is 27.8. The van der Waals surface area contributed by atoms with E-state index in [2.05, 4.69) is 95.1 Å². The van der Waals surface area contributed by atoms with Crippen LogP contribution in [0.3, 0.4) is 0 Å². The average Bonchev–Trinajstić information content (AvgIpc) is 3.85. The molecule has 0 aliphatic heterocycles. The molecule has 4 aromatic carbocycles. The minimum absolute atomic E-state index is 0. The van der Waals surface area contributed by atoms with Crippen molar-refractivity contribution in [3.63, 3.8) is 0 Å². The van der Waals surface area contributed by atoms with Crippen LogP contribution in [0.5, 0.6) is 0 Å². The molecule has 0 saturated heterocycles. The number of aromatic nitrogens is 4. The summed E-state index contributed by atoms with van der Waals surface area (Å²) in [5.74, 6) is 4.87. The van der Waals surface area contributed by atoms with Gasteiger partial charge in [0.15, 0.2) is 0 Å². The molecule has 0 amide bonds. The van der Waals surface area contributed by atoms with Crippen LogP contribution in [0.4, 0.5) is 0 Å². The molecule has 6 aromatic rings. The fourth-order valence-electron chi connectivity index (χ4n) is 5.75. The van der Waals surface area contributed by atoms with Crippen LogP contribution in [-0.4, -0.2) is 19.1 Å². The zero-order valence-corrected chi connectivity index (χ0v) is 29.8. The first-order chi connectivity index (χ1) is 21.5. The summed E-state index contributed by atoms with van der Waals surface area (Å²) in [7, 11) is 3.84. The molecule has 2 aromatic heterocycles. The molecule has 46 heavy (non-hydrogen) atoms. The number of aryl methyl sites for hydroxylation is 4. The summed E-state index contributed by atoms with van der Waals surface area (Å²) in [6.45, 7) is 0. The van der Waals surface area contributed by atoms with Gasteiger partial charge in [-0.1, -0.05) is 84.9 Å². The molecule has 2 aliphatic carbocycles. The number of imidazole rings is 2. The number of fused-ring (bicyclic) bond motifs is 6. The summed E-state index contributed by atoms with van der Waals surface area (Å²) in [5, 5.41) is 0. The van der Waals surface area contributed by atoms with Crippen LogP contribution in [0.25, 0.3) is 22.3 Å². The van der Waals surface area contributed by atoms with Crippen molar-refractivity contribution in [2.75, 3.05) is 0 Å². The smallest absolute Gasteiger partial charge is 0.000465 e. The van der Waals surface area contributed by atoms with E-state index in [1.807, 2.05) is 59.9 Å². The van der Waals surface area contributed by atoms with Gasteiger partial charge in [0.1, 0.15) is 0 Å². The Labute approximate surface area is 303 Å². The maximum atomic E-state index is 7.14. The van der Waals surface area contributed by atoms with Crippen molar-refractivity contribution in [2.45, 2.75) is 25.7 Å². The second-order valence-electron chi connectivity index (χ2n) is 11.0. The number of benzene rings is 4. The molecule has 0 unspecified atom stereocenters. The van der Waals surface area contributed by atoms with Gasteiger partial charge in [-0.2, -0.15) is 0 Å². The van der Waals surface area contributed by atoms with Crippen LogP contribution in [0, 0.1) is 37.3 Å². The summed E-state index contributed by atoms with van der Waals surface area (Å²) in [5.41, 5.74) is 14.4. The number of hydrogen-bond donors (Lipinski definition) is 0. The Morgan fingerprint density at radius 1 is 0.587 bits per heavy atom. The predicted molar refractivity (Wildman–Crippen MR) is 173 cm³/mol. The van der Waals surface area contributed by atoms with E-state index >= 15 is 0 Å². The summed E-state index contributed by atoms with van der Waals surface area (Å²) in [4.78, 5) is 8.26. The summed E-state index contributed by atoms with van der Waals surface area (Å²) < 4.78 is 3.67. The Hall–Kier alpha value is -4.10. The zero-order chi connectivity index (χ0) is 30.5. The van der Waals surface area contributed by atoms with Crippen LogP contribution in [0.2, 0.25) is 0 Å². The van der Waals surface area contributed by atoms with E-state index in [-0.39, 0.29) is 44.8 Å². The molecule has 0 N–H and O–H groups in total. The van der Waals surface area contributed by atoms with Crippen molar-refractivity contribution in [3.8, 4) is 34.1 Å². The van der Waals surface area contributed by atoms with Crippen LogP contribution in [-0.2, 0) is 84.5 Å². The molecule has 0 bridgehead atoms. The van der Waals surface area contributed by atoms with Gasteiger partial charge in [0.2, 0.25) is 0 Å². The maximum absolute atomic E-state index is 7.14. The first-order valence-corrected chi connectivity index (χ1v) is 14.6. The van der Waals surface area contributed by atoms with E-state index < -0.39 is 0 Å². The number of rotatable bonds is 3. The van der Waals surface area contributed by atoms with Crippen molar-refractivity contribution in [3.05, 3.63) is 168 Å². The molecule has 0 spiro atoms. The average molecular weight is 961 g/mol. The first kappa shape index (κ1) is 34.8. The Kier molecular flexibility index (Phi) is 12.1. The molecule has 6 heteroatoms. The van der Waals surface area contributed by atoms with Gasteiger partial charge in [0, 0.05) is 57.4 Å². The quantitative estimate of drug-likeness (QED) is 0.110. The van der Waals surface area contributed by atoms with E-state index in [1.54, 1.807) is 0 Å². The molecule has 0 atom stereocenters. The second-order valence-corrected chi connectivity index (χ2v) is 11.0. The van der Waals surface area contributed by atoms with Gasteiger partial charge in [-0.25, -0.2) is 0 Å². The predicted octanol–water partition coefficient (Wildman–Crippen LogP) is 6.93. The van der Waals surface area contributed by atoms with Gasteiger partial charge in [-0.3, -0.25) is 11.8 Å². The van der Waals surface area contributed by atoms with Gasteiger partial charge < -0.3 is 31.9 Å². The molecule has 0 saturated carbocycles. The zero-order valence-electron chi connectivity index (χ0n) is 25.5. The largest absolute Gasteiger partial charge is 0.456 e. The molecule has 2 heterocycles. The van der Waals surface area contributed by atoms with Crippen LogP contribution >= 0.6 is 0 Å². The second kappa shape index (κ2) is 15.9. The normalized spacial score (nSPS) is 10.9. The number of hydrogen-bond acceptors (Lipinski definition) is 2. The SMILES string of the molecule is Cn1[c-]nc(CCc2cn(C)[c-]n2)c1.[Au].[Au].[C-]#Cc1ccc2c(c1)-c1ccccc1C2.[C-]#Cc1ccc2c(c1)-c1ccccc1C2. The maximum Gasteiger partial charge on any atom is 0.000465 e. The van der Waals surface area contributed by atoms with E-state index in [4.69, 9.17) is 12.8 Å². The van der Waals surface area contributed by atoms with Gasteiger partial charge >= 0.3 is 0 Å². The van der Waals surface area contributed by atoms with Crippen molar-refractivity contribution < 1.29 is 44.8 Å². The fraction of sp³-hybridized carbons (Fsp3) is 0.150. The fourth-order valence-corrected chi connectivity index (χ4v) is 5.75. The van der Waals surface area contributed by atoms with E-state index in [0.717, 1.165) is 48.2 Å². The Morgan fingerprint density at radius 2 is 0.978 bits per heavy atom. The summed E-state index contributed by atoms with van der Waals surface area (Å²) >= 11 is 0. The van der Waals surface area contributed by atoms with E-state index in [0.29, 0.717) is 0 Å². The molecular formula is C40H30Au2N4-4. The Balaban J connectivity index is 0.000000153. The van der Waals surface area contributed by atoms with Crippen molar-refractivity contribution >= 4 is 0 Å². The van der Waals surface area contributed by atoms with Gasteiger partial charge in [0.05, 0.1) is 0 Å². The number of nitrogens with zero attached hydrogens (tertiary/aromatic N) is 4. The summed E-state index contributed by atoms with van der Waals surface area (Å²) in [6, 6.07) is 29.1. The van der Waals surface area contributed by atoms with Crippen molar-refractivity contribution in [2.24, 2.45) is 14.1 Å². The Morgan fingerprint density at radius 3 is 1.35 bits per heavy atom. The topological polar surface area (TPSA) is 35.6 Å². The van der Waals surface area contributed by atoms with Crippen LogP contribution in [0.1, 0.15) is 44.8 Å². The van der Waals surface area contributed by atoms with E-state index in [1.165, 1.54) is 44.5 Å². The molecule has 2 aliphatic rings. The van der Waals surface area contributed by atoms with Gasteiger partial charge in [-0.15, -0.1) is 47.8 Å². The van der Waals surface area contributed by atoms with Gasteiger partial charge in [0.25, 0.3) is 0 Å². The molecule has 4 nitrogen and oxygen atoms in total. The molecule has 236 valence electrons. The van der Waals surface area contributed by atoms with Gasteiger partial charge in [-0.05, 0) is 71.4 Å². The Bertz CT molecular complexity index is 1890. The van der Waals surface area contributed by atoms with Crippen molar-refractivity contribution in [1.29, 1.82) is 0 Å². The third kappa shape index (κ3) is 8.00. The van der Waals surface area contributed by atoms with Crippen LogP contribution < -0.4 is 0 Å². The van der Waals surface area contributed by atoms with E-state index in [9.17, 15) is 0 Å². The minimum Gasteiger partial charge on any atom is -0.456 e. The molecule has 8 rings (SSSR count). The third-order valence-corrected chi connectivity index (χ3v) is 7.91. The first-order valence-electron chi connectivity index (χ1n) is 14.6. The van der Waals surface area contributed by atoms with Crippen molar-refractivity contribution in [1.82, 2.24) is 19.1 Å². The molecule has 0 fully saturated rings.